The van der Waals surface area contributed by atoms with Crippen LogP contribution in [0.3, 0.4) is 0 Å². The van der Waals surface area contributed by atoms with Gasteiger partial charge < -0.3 is 10.4 Å². The minimum Gasteiger partial charge on any atom is -0.390 e. The normalized spacial score (nSPS) is 35.5. The van der Waals surface area contributed by atoms with E-state index in [0.717, 1.165) is 47.7 Å². The number of aliphatic hydroxyl groups is 1. The van der Waals surface area contributed by atoms with Gasteiger partial charge in [0.2, 0.25) is 5.91 Å². The van der Waals surface area contributed by atoms with Crippen molar-refractivity contribution in [2.24, 2.45) is 11.8 Å². The van der Waals surface area contributed by atoms with Gasteiger partial charge in [0.15, 0.2) is 0 Å². The lowest BCUT2D eigenvalue weighted by Crippen LogP contribution is -2.64. The molecule has 3 N–H and O–H groups in total. The Morgan fingerprint density at radius 2 is 1.75 bits per heavy atom. The highest BCUT2D eigenvalue weighted by molar-refractivity contribution is 6.22. The molecular weight excluding hydrogens is 412 g/mol. The van der Waals surface area contributed by atoms with Gasteiger partial charge in [0.05, 0.1) is 23.3 Å². The van der Waals surface area contributed by atoms with Crippen LogP contribution in [0.2, 0.25) is 0 Å². The Morgan fingerprint density at radius 3 is 2.44 bits per heavy atom. The van der Waals surface area contributed by atoms with E-state index in [1.807, 2.05) is 6.07 Å². The number of amides is 5. The van der Waals surface area contributed by atoms with Crippen LogP contribution in [0, 0.1) is 11.8 Å². The summed E-state index contributed by atoms with van der Waals surface area (Å²) in [5, 5.41) is 18.6. The first-order valence-electron chi connectivity index (χ1n) is 11.3. The second-order valence-electron chi connectivity index (χ2n) is 10.3. The summed E-state index contributed by atoms with van der Waals surface area (Å²) in [4.78, 5) is 49.4. The predicted molar refractivity (Wildman–Crippen MR) is 111 cm³/mol. The van der Waals surface area contributed by atoms with E-state index in [1.54, 1.807) is 12.1 Å². The number of carbonyl (C=O) groups is 4. The first-order chi connectivity index (χ1) is 15.2. The molecule has 6 aliphatic rings. The number of hydrogen-bond donors (Lipinski definition) is 3. The average molecular weight is 438 g/mol. The molecule has 1 aromatic rings. The molecule has 4 aliphatic carbocycles. The molecule has 7 rings (SSSR count). The molecule has 9 nitrogen and oxygen atoms in total. The highest BCUT2D eigenvalue weighted by atomic mass is 16.3. The van der Waals surface area contributed by atoms with Gasteiger partial charge in [-0.15, -0.1) is 0 Å². The molecule has 5 fully saturated rings. The van der Waals surface area contributed by atoms with Crippen LogP contribution < -0.4 is 10.6 Å². The summed E-state index contributed by atoms with van der Waals surface area (Å²) in [6.45, 7) is 0.529. The van der Waals surface area contributed by atoms with E-state index >= 15 is 0 Å². The molecule has 5 amide bonds. The van der Waals surface area contributed by atoms with Crippen LogP contribution in [0.15, 0.2) is 18.2 Å². The van der Waals surface area contributed by atoms with Crippen molar-refractivity contribution in [2.45, 2.75) is 62.6 Å². The van der Waals surface area contributed by atoms with E-state index in [2.05, 4.69) is 10.6 Å². The van der Waals surface area contributed by atoms with Crippen molar-refractivity contribution in [1.82, 2.24) is 20.7 Å². The molecule has 4 saturated carbocycles. The Morgan fingerprint density at radius 1 is 1.03 bits per heavy atom. The second kappa shape index (κ2) is 6.62. The molecule has 1 aromatic carbocycles. The third-order valence-corrected chi connectivity index (χ3v) is 7.90. The van der Waals surface area contributed by atoms with Crippen molar-refractivity contribution in [3.8, 4) is 0 Å². The number of nitrogens with zero attached hydrogens (tertiary/aromatic N) is 2. The van der Waals surface area contributed by atoms with Crippen LogP contribution in [-0.2, 0) is 11.3 Å². The minimum atomic E-state index is -0.766. The fourth-order valence-corrected chi connectivity index (χ4v) is 7.06. The molecular formula is C23H26N4O5. The van der Waals surface area contributed by atoms with Gasteiger partial charge in [0, 0.05) is 18.5 Å². The van der Waals surface area contributed by atoms with Gasteiger partial charge in [-0.2, -0.15) is 5.01 Å². The number of fused-ring (bicyclic) bond motifs is 1. The Labute approximate surface area is 185 Å². The van der Waals surface area contributed by atoms with Crippen LogP contribution in [0.1, 0.15) is 71.2 Å². The maximum absolute atomic E-state index is 13.0. The topological polar surface area (TPSA) is 119 Å². The van der Waals surface area contributed by atoms with E-state index in [0.29, 0.717) is 18.4 Å². The summed E-state index contributed by atoms with van der Waals surface area (Å²) in [5.41, 5.74) is 0.791. The van der Waals surface area contributed by atoms with Crippen molar-refractivity contribution in [3.05, 3.63) is 34.9 Å². The van der Waals surface area contributed by atoms with E-state index in [4.69, 9.17) is 0 Å². The van der Waals surface area contributed by atoms with E-state index in [9.17, 15) is 24.3 Å². The number of nitrogens with one attached hydrogen (secondary N) is 2. The summed E-state index contributed by atoms with van der Waals surface area (Å²) in [6, 6.07) is 4.41. The van der Waals surface area contributed by atoms with Gasteiger partial charge >= 0.3 is 6.03 Å². The van der Waals surface area contributed by atoms with Crippen LogP contribution >= 0.6 is 0 Å². The molecule has 32 heavy (non-hydrogen) atoms. The number of carbonyl (C=O) groups excluding carboxylic acids is 4. The minimum absolute atomic E-state index is 0.0156. The third kappa shape index (κ3) is 2.98. The van der Waals surface area contributed by atoms with Crippen molar-refractivity contribution in [2.75, 3.05) is 6.54 Å². The summed E-state index contributed by atoms with van der Waals surface area (Å²) < 4.78 is 0. The summed E-state index contributed by atoms with van der Waals surface area (Å²) >= 11 is 0. The highest BCUT2D eigenvalue weighted by Gasteiger charge is 2.57. The zero-order valence-corrected chi connectivity index (χ0v) is 17.7. The maximum Gasteiger partial charge on any atom is 0.343 e. The van der Waals surface area contributed by atoms with E-state index < -0.39 is 29.4 Å². The molecule has 0 spiro atoms. The molecule has 2 unspecified atom stereocenters. The standard InChI is InChI=1S/C23H26N4O5/c28-18-3-4-26(21(31)25-18)27-19(29)16-2-1-13(6-17(16)20(27)30)11-24-22-7-14-5-15(8-22)10-23(32,9-14)12-22/h1-2,6,14-15,24,32H,3-5,7-12H2,(H,25,28,31)/t14-,15+,22?,23?. The Bertz CT molecular complexity index is 1050. The van der Waals surface area contributed by atoms with Crippen LogP contribution in [-0.4, -0.2) is 56.6 Å². The number of imide groups is 2. The van der Waals surface area contributed by atoms with Crippen LogP contribution in [0.25, 0.3) is 0 Å². The first-order valence-corrected chi connectivity index (χ1v) is 11.3. The van der Waals surface area contributed by atoms with Crippen molar-refractivity contribution in [3.63, 3.8) is 0 Å². The van der Waals surface area contributed by atoms with Gasteiger partial charge in [-0.1, -0.05) is 6.07 Å². The quantitative estimate of drug-likeness (QED) is 0.610. The molecule has 0 aromatic heterocycles. The number of urea groups is 1. The van der Waals surface area contributed by atoms with Crippen LogP contribution in [0.4, 0.5) is 4.79 Å². The Hall–Kier alpha value is -2.78. The zero-order valence-electron chi connectivity index (χ0n) is 17.7. The lowest BCUT2D eigenvalue weighted by molar-refractivity contribution is -0.142. The molecule has 9 heteroatoms. The van der Waals surface area contributed by atoms with Gasteiger partial charge in [-0.05, 0) is 68.1 Å². The number of benzene rings is 1. The molecule has 4 bridgehead atoms. The van der Waals surface area contributed by atoms with Crippen molar-refractivity contribution >= 4 is 23.8 Å². The SMILES string of the molecule is O=C1CCN(N2C(=O)c3ccc(CNC45C[C@@H]6C[C@@H](CC(O)(C6)C4)C5)cc3C2=O)C(=O)N1. The smallest absolute Gasteiger partial charge is 0.343 e. The maximum atomic E-state index is 13.0. The Kier molecular flexibility index (Phi) is 4.11. The summed E-state index contributed by atoms with van der Waals surface area (Å²) in [5.74, 6) is -0.392. The van der Waals surface area contributed by atoms with Gasteiger partial charge in [0.25, 0.3) is 11.8 Å². The highest BCUT2D eigenvalue weighted by Crippen LogP contribution is 2.57. The fraction of sp³-hybridized carbons (Fsp3) is 0.565. The average Bonchev–Trinajstić information content (AvgIpc) is 2.95. The fourth-order valence-electron chi connectivity index (χ4n) is 7.06. The van der Waals surface area contributed by atoms with Crippen LogP contribution in [0.5, 0.6) is 0 Å². The predicted octanol–water partition coefficient (Wildman–Crippen LogP) is 1.31. The van der Waals surface area contributed by atoms with Gasteiger partial charge in [-0.3, -0.25) is 19.7 Å². The molecule has 2 aliphatic heterocycles. The molecule has 4 atom stereocenters. The molecule has 0 radical (unpaired) electrons. The van der Waals surface area contributed by atoms with Gasteiger partial charge in [-0.25, -0.2) is 9.80 Å². The van der Waals surface area contributed by atoms with Gasteiger partial charge in [0.1, 0.15) is 0 Å². The molecule has 2 heterocycles. The second-order valence-corrected chi connectivity index (χ2v) is 10.3. The monoisotopic (exact) mass is 438 g/mol. The molecule has 1 saturated heterocycles. The van der Waals surface area contributed by atoms with E-state index in [1.165, 1.54) is 6.42 Å². The largest absolute Gasteiger partial charge is 0.390 e. The van der Waals surface area contributed by atoms with Crippen molar-refractivity contribution < 1.29 is 24.3 Å². The van der Waals surface area contributed by atoms with E-state index in [-0.39, 0.29) is 29.6 Å². The number of hydrazine groups is 1. The summed E-state index contributed by atoms with van der Waals surface area (Å²) in [7, 11) is 0. The lowest BCUT2D eigenvalue weighted by Gasteiger charge is -2.60. The first kappa shape index (κ1) is 19.9. The van der Waals surface area contributed by atoms with Crippen molar-refractivity contribution in [1.29, 1.82) is 0 Å². The Balaban J connectivity index is 1.20. The third-order valence-electron chi connectivity index (χ3n) is 7.90. The molecule has 168 valence electrons. The number of rotatable bonds is 4. The number of hydrogen-bond acceptors (Lipinski definition) is 6. The lowest BCUT2D eigenvalue weighted by atomic mass is 9.51. The zero-order chi connectivity index (χ0) is 22.3. The summed E-state index contributed by atoms with van der Waals surface area (Å²) in [6.07, 6.45) is 5.99.